The van der Waals surface area contributed by atoms with E-state index in [1.165, 1.54) is 0 Å². The van der Waals surface area contributed by atoms with Crippen LogP contribution in [0.4, 0.5) is 0 Å². The first-order valence-corrected chi connectivity index (χ1v) is 8.67. The topological polar surface area (TPSA) is 46.2 Å². The predicted octanol–water partition coefficient (Wildman–Crippen LogP) is 3.35. The minimum Gasteiger partial charge on any atom is -0.207 e. The van der Waals surface area contributed by atoms with E-state index in [2.05, 4.69) is 4.72 Å². The average Bonchev–Trinajstić information content (AvgIpc) is 2.44. The second-order valence-electron chi connectivity index (χ2n) is 5.67. The summed E-state index contributed by atoms with van der Waals surface area (Å²) in [5.41, 5.74) is 1.38. The maximum atomic E-state index is 12.7. The third-order valence-electron chi connectivity index (χ3n) is 4.25. The van der Waals surface area contributed by atoms with Gasteiger partial charge in [-0.1, -0.05) is 48.5 Å². The Hall–Kier alpha value is -1.65. The fourth-order valence-electron chi connectivity index (χ4n) is 2.91. The summed E-state index contributed by atoms with van der Waals surface area (Å²) in [6.07, 6.45) is 2.75. The van der Waals surface area contributed by atoms with E-state index < -0.39 is 15.6 Å². The molecule has 0 atom stereocenters. The van der Waals surface area contributed by atoms with Gasteiger partial charge in [-0.05, 0) is 43.4 Å². The summed E-state index contributed by atoms with van der Waals surface area (Å²) in [5, 5.41) is 0. The van der Waals surface area contributed by atoms with E-state index in [0.29, 0.717) is 4.90 Å². The zero-order valence-corrected chi connectivity index (χ0v) is 12.9. The minimum atomic E-state index is -3.51. The van der Waals surface area contributed by atoms with Crippen LogP contribution in [0.1, 0.15) is 30.4 Å². The Morgan fingerprint density at radius 3 is 2.14 bits per heavy atom. The van der Waals surface area contributed by atoms with Crippen molar-refractivity contribution in [3.05, 3.63) is 65.7 Å². The Morgan fingerprint density at radius 1 is 0.952 bits per heavy atom. The van der Waals surface area contributed by atoms with Gasteiger partial charge in [-0.2, -0.15) is 0 Å². The van der Waals surface area contributed by atoms with Gasteiger partial charge in [0, 0.05) is 0 Å². The molecule has 4 heteroatoms. The third-order valence-corrected chi connectivity index (χ3v) is 5.94. The molecule has 21 heavy (non-hydrogen) atoms. The number of benzene rings is 2. The first-order chi connectivity index (χ1) is 10.0. The fourth-order valence-corrected chi connectivity index (χ4v) is 4.60. The summed E-state index contributed by atoms with van der Waals surface area (Å²) >= 11 is 0. The molecule has 0 radical (unpaired) electrons. The van der Waals surface area contributed by atoms with Crippen molar-refractivity contribution in [3.63, 3.8) is 0 Å². The van der Waals surface area contributed by atoms with Gasteiger partial charge < -0.3 is 0 Å². The van der Waals surface area contributed by atoms with E-state index in [-0.39, 0.29) is 0 Å². The van der Waals surface area contributed by atoms with E-state index in [1.54, 1.807) is 12.1 Å². The molecule has 0 bridgehead atoms. The van der Waals surface area contributed by atoms with E-state index >= 15 is 0 Å². The Kier molecular flexibility index (Phi) is 3.59. The average molecular weight is 301 g/mol. The summed E-state index contributed by atoms with van der Waals surface area (Å²) in [7, 11) is -3.51. The largest absolute Gasteiger partial charge is 0.241 e. The molecule has 0 saturated heterocycles. The van der Waals surface area contributed by atoms with E-state index in [1.807, 2.05) is 49.4 Å². The highest BCUT2D eigenvalue weighted by Gasteiger charge is 2.42. The second-order valence-corrected chi connectivity index (χ2v) is 7.32. The van der Waals surface area contributed by atoms with E-state index in [4.69, 9.17) is 0 Å². The first-order valence-electron chi connectivity index (χ1n) is 7.19. The number of sulfonamides is 1. The first kappa shape index (κ1) is 14.3. The summed E-state index contributed by atoms with van der Waals surface area (Å²) in [6.45, 7) is 1.82. The summed E-state index contributed by atoms with van der Waals surface area (Å²) in [6, 6.07) is 17.0. The molecule has 0 spiro atoms. The highest BCUT2D eigenvalue weighted by atomic mass is 32.2. The van der Waals surface area contributed by atoms with Gasteiger partial charge in [0.15, 0.2) is 0 Å². The van der Waals surface area contributed by atoms with Crippen LogP contribution in [0.25, 0.3) is 0 Å². The second kappa shape index (κ2) is 5.28. The minimum absolute atomic E-state index is 0.368. The molecule has 1 N–H and O–H groups in total. The van der Waals surface area contributed by atoms with Crippen molar-refractivity contribution in [1.29, 1.82) is 0 Å². The van der Waals surface area contributed by atoms with E-state index in [0.717, 1.165) is 30.4 Å². The quantitative estimate of drug-likeness (QED) is 0.941. The zero-order chi connectivity index (χ0) is 14.9. The van der Waals surface area contributed by atoms with Crippen LogP contribution < -0.4 is 4.72 Å². The smallest absolute Gasteiger partial charge is 0.207 e. The van der Waals surface area contributed by atoms with Crippen LogP contribution in [-0.4, -0.2) is 8.42 Å². The monoisotopic (exact) mass is 301 g/mol. The van der Waals surface area contributed by atoms with Crippen molar-refractivity contribution in [2.75, 3.05) is 0 Å². The standard InChI is InChI=1S/C17H19NO2S/c1-14-8-5-6-11-16(14)21(19,20)18-17(12-7-13-17)15-9-3-2-4-10-15/h2-6,8-11,18H,7,12-13H2,1H3. The zero-order valence-electron chi connectivity index (χ0n) is 12.0. The lowest BCUT2D eigenvalue weighted by atomic mass is 9.73. The van der Waals surface area contributed by atoms with Crippen LogP contribution in [0.5, 0.6) is 0 Å². The van der Waals surface area contributed by atoms with Crippen molar-refractivity contribution in [2.45, 2.75) is 36.6 Å². The van der Waals surface area contributed by atoms with Gasteiger partial charge in [0.2, 0.25) is 10.0 Å². The fraction of sp³-hybridized carbons (Fsp3) is 0.294. The van der Waals surface area contributed by atoms with Gasteiger partial charge in [-0.25, -0.2) is 13.1 Å². The van der Waals surface area contributed by atoms with Crippen molar-refractivity contribution in [3.8, 4) is 0 Å². The van der Waals surface area contributed by atoms with Gasteiger partial charge in [0.25, 0.3) is 0 Å². The molecule has 0 aliphatic heterocycles. The molecule has 0 unspecified atom stereocenters. The lowest BCUT2D eigenvalue weighted by molar-refractivity contribution is 0.224. The van der Waals surface area contributed by atoms with Gasteiger partial charge in [0.05, 0.1) is 10.4 Å². The van der Waals surface area contributed by atoms with Crippen LogP contribution in [-0.2, 0) is 15.6 Å². The number of nitrogens with one attached hydrogen (secondary N) is 1. The van der Waals surface area contributed by atoms with Gasteiger partial charge in [0.1, 0.15) is 0 Å². The molecule has 3 nitrogen and oxygen atoms in total. The maximum absolute atomic E-state index is 12.7. The molecule has 0 heterocycles. The lowest BCUT2D eigenvalue weighted by Gasteiger charge is -2.42. The number of hydrogen-bond donors (Lipinski definition) is 1. The molecular formula is C17H19NO2S. The molecule has 2 aromatic rings. The van der Waals surface area contributed by atoms with Crippen molar-refractivity contribution in [2.24, 2.45) is 0 Å². The Labute approximate surface area is 126 Å². The van der Waals surface area contributed by atoms with E-state index in [9.17, 15) is 8.42 Å². The molecular weight excluding hydrogens is 282 g/mol. The molecule has 2 aromatic carbocycles. The molecule has 3 rings (SSSR count). The number of aryl methyl sites for hydroxylation is 1. The Bertz CT molecular complexity index is 734. The summed E-state index contributed by atoms with van der Waals surface area (Å²) < 4.78 is 28.4. The molecule has 0 aromatic heterocycles. The molecule has 1 aliphatic rings. The van der Waals surface area contributed by atoms with Crippen LogP contribution in [0.15, 0.2) is 59.5 Å². The van der Waals surface area contributed by atoms with Crippen LogP contribution in [0, 0.1) is 6.92 Å². The van der Waals surface area contributed by atoms with Crippen molar-refractivity contribution >= 4 is 10.0 Å². The van der Waals surface area contributed by atoms with Crippen molar-refractivity contribution < 1.29 is 8.42 Å². The third kappa shape index (κ3) is 2.61. The van der Waals surface area contributed by atoms with Gasteiger partial charge in [-0.15, -0.1) is 0 Å². The molecule has 1 saturated carbocycles. The molecule has 110 valence electrons. The molecule has 1 fully saturated rings. The SMILES string of the molecule is Cc1ccccc1S(=O)(=O)NC1(c2ccccc2)CCC1. The number of rotatable bonds is 4. The Morgan fingerprint density at radius 2 is 1.57 bits per heavy atom. The van der Waals surface area contributed by atoms with Crippen LogP contribution in [0.3, 0.4) is 0 Å². The Balaban J connectivity index is 1.97. The van der Waals surface area contributed by atoms with Gasteiger partial charge in [-0.3, -0.25) is 0 Å². The maximum Gasteiger partial charge on any atom is 0.241 e. The van der Waals surface area contributed by atoms with Gasteiger partial charge >= 0.3 is 0 Å². The number of hydrogen-bond acceptors (Lipinski definition) is 2. The normalized spacial score (nSPS) is 17.2. The van der Waals surface area contributed by atoms with Crippen LogP contribution in [0.2, 0.25) is 0 Å². The summed E-state index contributed by atoms with van der Waals surface area (Å²) in [5.74, 6) is 0. The predicted molar refractivity (Wildman–Crippen MR) is 83.5 cm³/mol. The lowest BCUT2D eigenvalue weighted by Crippen LogP contribution is -2.50. The van der Waals surface area contributed by atoms with Crippen LogP contribution >= 0.6 is 0 Å². The molecule has 1 aliphatic carbocycles. The highest BCUT2D eigenvalue weighted by Crippen LogP contribution is 2.42. The highest BCUT2D eigenvalue weighted by molar-refractivity contribution is 7.89. The summed E-state index contributed by atoms with van der Waals surface area (Å²) in [4.78, 5) is 0.368. The van der Waals surface area contributed by atoms with Crippen molar-refractivity contribution in [1.82, 2.24) is 4.72 Å². The molecule has 0 amide bonds.